The molecular weight excluding hydrogens is 376 g/mol. The molecule has 1 fully saturated rings. The van der Waals surface area contributed by atoms with Gasteiger partial charge in [-0.15, -0.1) is 0 Å². The lowest BCUT2D eigenvalue weighted by molar-refractivity contribution is -0.535. The number of carboxylic acids is 1. The first kappa shape index (κ1) is 24.9. The number of allylic oxidation sites excluding steroid dienone is 1. The van der Waals surface area contributed by atoms with Gasteiger partial charge in [-0.3, -0.25) is 4.79 Å². The number of aliphatic carboxylic acids is 1. The van der Waals surface area contributed by atoms with Crippen molar-refractivity contribution in [2.24, 2.45) is 5.92 Å². The van der Waals surface area contributed by atoms with Crippen LogP contribution in [0.2, 0.25) is 0 Å². The van der Waals surface area contributed by atoms with Crippen molar-refractivity contribution >= 4 is 11.5 Å². The quantitative estimate of drug-likeness (QED) is 0.580. The summed E-state index contributed by atoms with van der Waals surface area (Å²) >= 11 is 0. The molecule has 1 aromatic rings. The van der Waals surface area contributed by atoms with Gasteiger partial charge in [0.15, 0.2) is 5.39 Å². The predicted octanol–water partition coefficient (Wildman–Crippen LogP) is 4.96. The van der Waals surface area contributed by atoms with Crippen LogP contribution in [-0.2, 0) is 24.2 Å². The zero-order chi connectivity index (χ0) is 21.6. The van der Waals surface area contributed by atoms with Gasteiger partial charge in [0, 0.05) is 12.0 Å². The van der Waals surface area contributed by atoms with Gasteiger partial charge in [-0.05, 0) is 17.9 Å². The van der Waals surface area contributed by atoms with Gasteiger partial charge in [0.05, 0.1) is 14.2 Å². The fourth-order valence-electron chi connectivity index (χ4n) is 2.77. The van der Waals surface area contributed by atoms with Gasteiger partial charge in [-0.25, -0.2) is 9.68 Å². The van der Waals surface area contributed by atoms with Crippen molar-refractivity contribution in [3.8, 4) is 0 Å². The van der Waals surface area contributed by atoms with E-state index in [2.05, 4.69) is 26.0 Å². The highest BCUT2D eigenvalue weighted by molar-refractivity contribution is 5.67. The highest BCUT2D eigenvalue weighted by atomic mass is 17.3. The molecule has 0 aliphatic carbocycles. The Balaban J connectivity index is 0.000000749. The summed E-state index contributed by atoms with van der Waals surface area (Å²) in [5.41, 5.74) is 2.13. The van der Waals surface area contributed by atoms with Crippen LogP contribution in [0.4, 0.5) is 0 Å². The summed E-state index contributed by atoms with van der Waals surface area (Å²) in [6.45, 7) is 6.05. The molecule has 1 atom stereocenters. The second kappa shape index (κ2) is 13.9. The number of carbonyl (C=O) groups is 1. The van der Waals surface area contributed by atoms with Crippen LogP contribution in [-0.4, -0.2) is 35.9 Å². The molecule has 8 nitrogen and oxygen atoms in total. The molecule has 0 spiro atoms. The molecule has 29 heavy (non-hydrogen) atoms. The summed E-state index contributed by atoms with van der Waals surface area (Å²) in [4.78, 5) is 30.6. The minimum atomic E-state index is -0.745. The largest absolute Gasteiger partial charge is 0.481 e. The summed E-state index contributed by atoms with van der Waals surface area (Å²) in [6.07, 6.45) is 5.85. The Morgan fingerprint density at radius 3 is 2.28 bits per heavy atom. The molecule has 0 bridgehead atoms. The molecule has 2 rings (SSSR count). The zero-order valence-electron chi connectivity index (χ0n) is 18.1. The van der Waals surface area contributed by atoms with E-state index in [-0.39, 0.29) is 6.42 Å². The van der Waals surface area contributed by atoms with Crippen LogP contribution < -0.4 is 0 Å². The van der Waals surface area contributed by atoms with Gasteiger partial charge >= 0.3 is 5.97 Å². The van der Waals surface area contributed by atoms with Crippen molar-refractivity contribution in [3.63, 3.8) is 0 Å². The van der Waals surface area contributed by atoms with Crippen LogP contribution in [0.5, 0.6) is 0 Å². The predicted molar refractivity (Wildman–Crippen MR) is 109 cm³/mol. The Hall–Kier alpha value is -2.13. The third-order valence-electron chi connectivity index (χ3n) is 4.50. The van der Waals surface area contributed by atoms with Crippen molar-refractivity contribution in [1.82, 2.24) is 10.6 Å². The molecule has 0 saturated carbocycles. The van der Waals surface area contributed by atoms with E-state index in [1.807, 2.05) is 18.2 Å². The number of hydrogen-bond donors (Lipinski definition) is 1. The van der Waals surface area contributed by atoms with Crippen LogP contribution in [0.15, 0.2) is 36.2 Å². The molecule has 1 aliphatic heterocycles. The number of hydroxylamine groups is 2. The van der Waals surface area contributed by atoms with E-state index in [1.54, 1.807) is 6.92 Å². The SMILES string of the molecule is CCC(=O)O.CCCCC(CC)CC(=C1ON(OC)ON1OC)c1ccccc1. The van der Waals surface area contributed by atoms with E-state index >= 15 is 0 Å². The van der Waals surface area contributed by atoms with E-state index in [0.717, 1.165) is 29.4 Å². The molecule has 1 saturated heterocycles. The van der Waals surface area contributed by atoms with Gasteiger partial charge in [0.25, 0.3) is 5.88 Å². The Kier molecular flexibility index (Phi) is 12.0. The first-order valence-corrected chi connectivity index (χ1v) is 10.0. The van der Waals surface area contributed by atoms with Crippen LogP contribution in [0.3, 0.4) is 0 Å². The van der Waals surface area contributed by atoms with Crippen molar-refractivity contribution in [1.29, 1.82) is 0 Å². The number of benzene rings is 1. The summed E-state index contributed by atoms with van der Waals surface area (Å²) < 4.78 is 0. The van der Waals surface area contributed by atoms with Crippen LogP contribution in [0.1, 0.15) is 64.9 Å². The minimum absolute atomic E-state index is 0.222. The van der Waals surface area contributed by atoms with E-state index in [9.17, 15) is 4.79 Å². The van der Waals surface area contributed by atoms with E-state index < -0.39 is 5.97 Å². The number of unbranched alkanes of at least 4 members (excludes halogenated alkanes) is 1. The third-order valence-corrected chi connectivity index (χ3v) is 4.50. The van der Waals surface area contributed by atoms with Gasteiger partial charge in [-0.1, -0.05) is 87.0 Å². The average molecular weight is 411 g/mol. The maximum Gasteiger partial charge on any atom is 0.303 e. The maximum atomic E-state index is 9.37. The lowest BCUT2D eigenvalue weighted by atomic mass is 9.89. The van der Waals surface area contributed by atoms with Crippen molar-refractivity contribution in [3.05, 3.63) is 41.8 Å². The topological polar surface area (TPSA) is 80.7 Å². The summed E-state index contributed by atoms with van der Waals surface area (Å²) in [5, 5.41) is 9.88. The smallest absolute Gasteiger partial charge is 0.303 e. The average Bonchev–Trinajstić information content (AvgIpc) is 3.18. The molecule has 1 aliphatic rings. The van der Waals surface area contributed by atoms with Gasteiger partial charge in [-0.2, -0.15) is 0 Å². The Morgan fingerprint density at radius 2 is 1.79 bits per heavy atom. The third kappa shape index (κ3) is 8.41. The molecule has 0 aromatic heterocycles. The van der Waals surface area contributed by atoms with Crippen LogP contribution >= 0.6 is 0 Å². The van der Waals surface area contributed by atoms with E-state index in [4.69, 9.17) is 24.6 Å². The second-order valence-electron chi connectivity index (χ2n) is 6.54. The minimum Gasteiger partial charge on any atom is -0.481 e. The number of nitrogens with zero attached hydrogens (tertiary/aromatic N) is 2. The Labute approximate surface area is 173 Å². The van der Waals surface area contributed by atoms with E-state index in [0.29, 0.717) is 11.8 Å². The van der Waals surface area contributed by atoms with E-state index in [1.165, 1.54) is 38.7 Å². The van der Waals surface area contributed by atoms with Gasteiger partial charge in [0.1, 0.15) is 0 Å². The summed E-state index contributed by atoms with van der Waals surface area (Å²) in [7, 11) is 2.99. The van der Waals surface area contributed by atoms with Gasteiger partial charge < -0.3 is 9.94 Å². The first-order chi connectivity index (χ1) is 14.0. The van der Waals surface area contributed by atoms with Gasteiger partial charge in [0.2, 0.25) is 0 Å². The lowest BCUT2D eigenvalue weighted by Gasteiger charge is -2.19. The summed E-state index contributed by atoms with van der Waals surface area (Å²) in [5.74, 6) is 0.331. The lowest BCUT2D eigenvalue weighted by Crippen LogP contribution is -2.20. The highest BCUT2D eigenvalue weighted by Crippen LogP contribution is 2.35. The van der Waals surface area contributed by atoms with Crippen molar-refractivity contribution < 1.29 is 29.4 Å². The summed E-state index contributed by atoms with van der Waals surface area (Å²) in [6, 6.07) is 10.2. The normalized spacial score (nSPS) is 16.7. The highest BCUT2D eigenvalue weighted by Gasteiger charge is 2.33. The fraction of sp³-hybridized carbons (Fsp3) is 0.571. The van der Waals surface area contributed by atoms with Crippen molar-refractivity contribution in [2.75, 3.05) is 14.2 Å². The fourth-order valence-corrected chi connectivity index (χ4v) is 2.77. The molecule has 1 unspecified atom stereocenters. The molecular formula is C21H34N2O6. The molecule has 1 N–H and O–H groups in total. The molecule has 0 radical (unpaired) electrons. The Bertz CT molecular complexity index is 623. The number of hydrogen-bond acceptors (Lipinski definition) is 7. The number of carboxylic acid groups (broad SMARTS) is 1. The Morgan fingerprint density at radius 1 is 1.14 bits per heavy atom. The second-order valence-corrected chi connectivity index (χ2v) is 6.54. The molecule has 164 valence electrons. The molecule has 1 aromatic carbocycles. The zero-order valence-corrected chi connectivity index (χ0v) is 18.1. The molecule has 0 amide bonds. The molecule has 1 heterocycles. The standard InChI is InChI=1S/C18H28N2O4.C3H6O2/c1-5-7-11-15(6-2)14-17(16-12-9-8-10-13-16)18-19(21-3)24-20(22-4)23-18;1-2-3(4)5/h8-10,12-13,15H,5-7,11,14H2,1-4H3;2H2,1H3,(H,4,5). The monoisotopic (exact) mass is 410 g/mol. The molecule has 8 heteroatoms. The van der Waals surface area contributed by atoms with Crippen LogP contribution in [0.25, 0.3) is 5.57 Å². The van der Waals surface area contributed by atoms with Crippen molar-refractivity contribution in [2.45, 2.75) is 59.3 Å². The first-order valence-electron chi connectivity index (χ1n) is 10.0. The van der Waals surface area contributed by atoms with Crippen LogP contribution in [0, 0.1) is 5.92 Å². The maximum absolute atomic E-state index is 9.37. The number of rotatable bonds is 10.